The standard InChI is InChI=1S/C18H19N3O2/c1-14(23-16-7-3-2-4-8-16)18(22)19-11-10-15-13-21-12-6-5-9-17(21)20-15/h2-9,12-14H,10-11H2,1H3,(H,19,22)/t14-/m0/s1. The van der Waals surface area contributed by atoms with Crippen LogP contribution in [0.1, 0.15) is 12.6 Å². The third kappa shape index (κ3) is 3.88. The molecule has 2 heterocycles. The highest BCUT2D eigenvalue weighted by Gasteiger charge is 2.14. The lowest BCUT2D eigenvalue weighted by molar-refractivity contribution is -0.127. The number of ether oxygens (including phenoxy) is 1. The Morgan fingerprint density at radius 2 is 2.00 bits per heavy atom. The second-order valence-electron chi connectivity index (χ2n) is 5.31. The molecule has 2 aromatic heterocycles. The number of nitrogens with zero attached hydrogens (tertiary/aromatic N) is 2. The molecule has 0 saturated carbocycles. The number of aromatic nitrogens is 2. The Labute approximate surface area is 134 Å². The average molecular weight is 309 g/mol. The monoisotopic (exact) mass is 309 g/mol. The van der Waals surface area contributed by atoms with Crippen LogP contribution in [0.3, 0.4) is 0 Å². The van der Waals surface area contributed by atoms with Crippen molar-refractivity contribution >= 4 is 11.6 Å². The predicted molar refractivity (Wildman–Crippen MR) is 88.4 cm³/mol. The van der Waals surface area contributed by atoms with Gasteiger partial charge in [-0.3, -0.25) is 4.79 Å². The van der Waals surface area contributed by atoms with E-state index < -0.39 is 6.10 Å². The van der Waals surface area contributed by atoms with Gasteiger partial charge in [-0.15, -0.1) is 0 Å². The van der Waals surface area contributed by atoms with Crippen LogP contribution in [0.2, 0.25) is 0 Å². The normalized spacial score (nSPS) is 12.0. The summed E-state index contributed by atoms with van der Waals surface area (Å²) in [6.07, 6.45) is 4.09. The zero-order valence-corrected chi connectivity index (χ0v) is 13.0. The summed E-state index contributed by atoms with van der Waals surface area (Å²) in [6, 6.07) is 15.2. The molecule has 0 fully saturated rings. The number of hydrogen-bond acceptors (Lipinski definition) is 3. The predicted octanol–water partition coefficient (Wildman–Crippen LogP) is 2.46. The van der Waals surface area contributed by atoms with E-state index in [-0.39, 0.29) is 5.91 Å². The van der Waals surface area contributed by atoms with E-state index in [4.69, 9.17) is 4.74 Å². The number of amides is 1. The van der Waals surface area contributed by atoms with E-state index in [9.17, 15) is 4.79 Å². The minimum absolute atomic E-state index is 0.127. The summed E-state index contributed by atoms with van der Waals surface area (Å²) in [5, 5.41) is 2.88. The summed E-state index contributed by atoms with van der Waals surface area (Å²) >= 11 is 0. The maximum atomic E-state index is 12.0. The molecule has 0 radical (unpaired) electrons. The van der Waals surface area contributed by atoms with Gasteiger partial charge < -0.3 is 14.5 Å². The molecule has 3 rings (SSSR count). The van der Waals surface area contributed by atoms with Gasteiger partial charge in [0.1, 0.15) is 11.4 Å². The van der Waals surface area contributed by atoms with E-state index in [1.165, 1.54) is 0 Å². The van der Waals surface area contributed by atoms with Crippen LogP contribution < -0.4 is 10.1 Å². The van der Waals surface area contributed by atoms with Crippen LogP contribution in [-0.2, 0) is 11.2 Å². The molecule has 0 bridgehead atoms. The fourth-order valence-electron chi connectivity index (χ4n) is 2.32. The smallest absolute Gasteiger partial charge is 0.260 e. The van der Waals surface area contributed by atoms with E-state index in [1.54, 1.807) is 6.92 Å². The molecular formula is C18H19N3O2. The fourth-order valence-corrected chi connectivity index (χ4v) is 2.32. The first-order valence-electron chi connectivity index (χ1n) is 7.64. The largest absolute Gasteiger partial charge is 0.481 e. The number of carbonyl (C=O) groups is 1. The highest BCUT2D eigenvalue weighted by atomic mass is 16.5. The van der Waals surface area contributed by atoms with Crippen LogP contribution in [0, 0.1) is 0 Å². The van der Waals surface area contributed by atoms with Crippen LogP contribution in [0.4, 0.5) is 0 Å². The van der Waals surface area contributed by atoms with E-state index in [2.05, 4.69) is 10.3 Å². The lowest BCUT2D eigenvalue weighted by Crippen LogP contribution is -2.37. The van der Waals surface area contributed by atoms with Gasteiger partial charge in [0.05, 0.1) is 5.69 Å². The lowest BCUT2D eigenvalue weighted by Gasteiger charge is -2.14. The summed E-state index contributed by atoms with van der Waals surface area (Å²) in [6.45, 7) is 2.28. The topological polar surface area (TPSA) is 55.6 Å². The molecule has 0 spiro atoms. The van der Waals surface area contributed by atoms with Crippen molar-refractivity contribution in [1.29, 1.82) is 0 Å². The zero-order chi connectivity index (χ0) is 16.1. The Balaban J connectivity index is 1.48. The number of fused-ring (bicyclic) bond motifs is 1. The van der Waals surface area contributed by atoms with Gasteiger partial charge in [0, 0.05) is 25.4 Å². The number of carbonyl (C=O) groups excluding carboxylic acids is 1. The van der Waals surface area contributed by atoms with Gasteiger partial charge in [-0.1, -0.05) is 24.3 Å². The van der Waals surface area contributed by atoms with Gasteiger partial charge in [0.2, 0.25) is 0 Å². The Morgan fingerprint density at radius 1 is 1.22 bits per heavy atom. The summed E-state index contributed by atoms with van der Waals surface area (Å²) in [5.41, 5.74) is 1.86. The van der Waals surface area contributed by atoms with Crippen molar-refractivity contribution in [2.24, 2.45) is 0 Å². The number of para-hydroxylation sites is 1. The molecule has 23 heavy (non-hydrogen) atoms. The number of nitrogens with one attached hydrogen (secondary N) is 1. The third-order valence-corrected chi connectivity index (χ3v) is 3.52. The summed E-state index contributed by atoms with van der Waals surface area (Å²) in [7, 11) is 0. The van der Waals surface area contributed by atoms with Crippen molar-refractivity contribution in [2.75, 3.05) is 6.54 Å². The quantitative estimate of drug-likeness (QED) is 0.761. The van der Waals surface area contributed by atoms with Crippen molar-refractivity contribution in [2.45, 2.75) is 19.4 Å². The van der Waals surface area contributed by atoms with Gasteiger partial charge in [-0.05, 0) is 31.2 Å². The zero-order valence-electron chi connectivity index (χ0n) is 13.0. The molecule has 1 aromatic carbocycles. The first kappa shape index (κ1) is 15.1. The van der Waals surface area contributed by atoms with Crippen LogP contribution >= 0.6 is 0 Å². The Kier molecular flexibility index (Phi) is 4.57. The lowest BCUT2D eigenvalue weighted by atomic mass is 10.3. The van der Waals surface area contributed by atoms with E-state index in [0.717, 1.165) is 11.3 Å². The van der Waals surface area contributed by atoms with Crippen molar-refractivity contribution < 1.29 is 9.53 Å². The second kappa shape index (κ2) is 6.96. The third-order valence-electron chi connectivity index (χ3n) is 3.52. The van der Waals surface area contributed by atoms with Gasteiger partial charge in [-0.25, -0.2) is 4.98 Å². The number of pyridine rings is 1. The van der Waals surface area contributed by atoms with Gasteiger partial charge in [-0.2, -0.15) is 0 Å². The van der Waals surface area contributed by atoms with Crippen molar-refractivity contribution in [3.63, 3.8) is 0 Å². The van der Waals surface area contributed by atoms with E-state index >= 15 is 0 Å². The first-order chi connectivity index (χ1) is 11.2. The van der Waals surface area contributed by atoms with Crippen LogP contribution in [0.5, 0.6) is 5.75 Å². The summed E-state index contributed by atoms with van der Waals surface area (Å²) in [4.78, 5) is 16.6. The molecule has 118 valence electrons. The maximum Gasteiger partial charge on any atom is 0.260 e. The van der Waals surface area contributed by atoms with Gasteiger partial charge in [0.15, 0.2) is 6.10 Å². The van der Waals surface area contributed by atoms with Crippen molar-refractivity contribution in [3.8, 4) is 5.75 Å². The maximum absolute atomic E-state index is 12.0. The molecular weight excluding hydrogens is 290 g/mol. The number of rotatable bonds is 6. The van der Waals surface area contributed by atoms with Gasteiger partial charge >= 0.3 is 0 Å². The highest BCUT2D eigenvalue weighted by molar-refractivity contribution is 5.80. The van der Waals surface area contributed by atoms with E-state index in [0.29, 0.717) is 18.7 Å². The second-order valence-corrected chi connectivity index (χ2v) is 5.31. The molecule has 1 atom stereocenters. The summed E-state index contributed by atoms with van der Waals surface area (Å²) in [5.74, 6) is 0.563. The fraction of sp³-hybridized carbons (Fsp3) is 0.222. The molecule has 5 nitrogen and oxygen atoms in total. The van der Waals surface area contributed by atoms with E-state index in [1.807, 2.05) is 65.3 Å². The summed E-state index contributed by atoms with van der Waals surface area (Å²) < 4.78 is 7.57. The van der Waals surface area contributed by atoms with Crippen LogP contribution in [0.25, 0.3) is 5.65 Å². The van der Waals surface area contributed by atoms with Gasteiger partial charge in [0.25, 0.3) is 5.91 Å². The molecule has 1 N–H and O–H groups in total. The average Bonchev–Trinajstić information content (AvgIpc) is 2.98. The SMILES string of the molecule is C[C@H](Oc1ccccc1)C(=O)NCCc1cn2ccccc2n1. The Hall–Kier alpha value is -2.82. The molecule has 0 aliphatic rings. The molecule has 5 heteroatoms. The Bertz CT molecular complexity index is 750. The van der Waals surface area contributed by atoms with Crippen molar-refractivity contribution in [1.82, 2.24) is 14.7 Å². The molecule has 0 saturated heterocycles. The van der Waals surface area contributed by atoms with Crippen LogP contribution in [-0.4, -0.2) is 27.9 Å². The molecule has 1 amide bonds. The molecule has 0 aliphatic carbocycles. The minimum atomic E-state index is -0.529. The molecule has 0 unspecified atom stereocenters. The Morgan fingerprint density at radius 3 is 2.78 bits per heavy atom. The minimum Gasteiger partial charge on any atom is -0.481 e. The van der Waals surface area contributed by atoms with Crippen molar-refractivity contribution in [3.05, 3.63) is 66.6 Å². The number of imidazole rings is 1. The molecule has 0 aliphatic heterocycles. The van der Waals surface area contributed by atoms with Crippen LogP contribution in [0.15, 0.2) is 60.9 Å². The number of hydrogen-bond donors (Lipinski definition) is 1. The molecule has 3 aromatic rings. The number of benzene rings is 1. The first-order valence-corrected chi connectivity index (χ1v) is 7.64. The highest BCUT2D eigenvalue weighted by Crippen LogP contribution is 2.10.